The number of halogens is 1. The van der Waals surface area contributed by atoms with E-state index in [1.54, 1.807) is 24.9 Å². The normalized spacial score (nSPS) is 19.6. The third kappa shape index (κ3) is 4.46. The third-order valence-electron chi connectivity index (χ3n) is 6.70. The number of rotatable bonds is 7. The summed E-state index contributed by atoms with van der Waals surface area (Å²) in [6.45, 7) is 3.70. The van der Waals surface area contributed by atoms with E-state index in [1.165, 1.54) is 0 Å². The number of aryl methyl sites for hydroxylation is 1. The number of carbonyl (C=O) groups is 1. The van der Waals surface area contributed by atoms with Gasteiger partial charge in [-0.1, -0.05) is 6.92 Å². The fourth-order valence-electron chi connectivity index (χ4n) is 4.83. The lowest BCUT2D eigenvalue weighted by Gasteiger charge is -2.22. The van der Waals surface area contributed by atoms with Gasteiger partial charge >= 0.3 is 0 Å². The number of carbonyl (C=O) groups excluding carboxylic acids is 1. The predicted octanol–water partition coefficient (Wildman–Crippen LogP) is 3.19. The maximum Gasteiger partial charge on any atom is 0.247 e. The van der Waals surface area contributed by atoms with Gasteiger partial charge in [-0.3, -0.25) is 4.79 Å². The van der Waals surface area contributed by atoms with Gasteiger partial charge in [0.2, 0.25) is 23.6 Å². The molecule has 0 unspecified atom stereocenters. The molecule has 1 aliphatic carbocycles. The van der Waals surface area contributed by atoms with E-state index >= 15 is 0 Å². The summed E-state index contributed by atoms with van der Waals surface area (Å²) in [5.41, 5.74) is 2.62. The van der Waals surface area contributed by atoms with Crippen LogP contribution in [0.25, 0.3) is 28.2 Å². The summed E-state index contributed by atoms with van der Waals surface area (Å²) >= 11 is 3.52. The Kier molecular flexibility index (Phi) is 6.47. The quantitative estimate of drug-likeness (QED) is 0.313. The summed E-state index contributed by atoms with van der Waals surface area (Å²) in [5, 5.41) is 29.2. The van der Waals surface area contributed by atoms with Gasteiger partial charge in [0.25, 0.3) is 0 Å². The Hall–Kier alpha value is -3.38. The molecule has 4 aromatic rings. The molecule has 11 nitrogen and oxygen atoms in total. The second-order valence-electron chi connectivity index (χ2n) is 9.30. The molecule has 1 saturated carbocycles. The Labute approximate surface area is 215 Å². The van der Waals surface area contributed by atoms with Gasteiger partial charge in [-0.15, -0.1) is 10.2 Å². The number of nitrogens with one attached hydrogen (secondary N) is 2. The van der Waals surface area contributed by atoms with Gasteiger partial charge in [-0.2, -0.15) is 10.1 Å². The average Bonchev–Trinajstić information content (AvgIpc) is 3.56. The molecule has 2 atom stereocenters. The first-order valence-electron chi connectivity index (χ1n) is 11.8. The zero-order valence-electron chi connectivity index (χ0n) is 20.2. The van der Waals surface area contributed by atoms with Gasteiger partial charge < -0.3 is 20.2 Å². The molecule has 0 saturated heterocycles. The molecule has 1 fully saturated rings. The first kappa shape index (κ1) is 24.3. The van der Waals surface area contributed by atoms with E-state index in [9.17, 15) is 9.90 Å². The highest BCUT2D eigenvalue weighted by Crippen LogP contribution is 2.39. The summed E-state index contributed by atoms with van der Waals surface area (Å²) in [6, 6.07) is 5.81. The van der Waals surface area contributed by atoms with Crippen LogP contribution in [0, 0.1) is 12.3 Å². The molecule has 3 N–H and O–H groups in total. The van der Waals surface area contributed by atoms with Crippen molar-refractivity contribution in [2.24, 2.45) is 5.41 Å². The summed E-state index contributed by atoms with van der Waals surface area (Å²) in [5.74, 6) is 1.42. The highest BCUT2D eigenvalue weighted by atomic mass is 79.9. The highest BCUT2D eigenvalue weighted by molar-refractivity contribution is 9.10. The van der Waals surface area contributed by atoms with E-state index < -0.39 is 5.41 Å². The van der Waals surface area contributed by atoms with Crippen LogP contribution in [0.1, 0.15) is 37.6 Å². The zero-order chi connectivity index (χ0) is 25.4. The van der Waals surface area contributed by atoms with Crippen LogP contribution in [0.5, 0.6) is 0 Å². The SMILES string of the molecule is CNC(=O)[C@]1(C)CC[C@@H](Nc2ncc3c(Br)nn(-c4ccc(-c5nnc(C)o5)c(CCO)c4)c3n2)C1. The van der Waals surface area contributed by atoms with E-state index in [-0.39, 0.29) is 18.6 Å². The molecule has 0 bridgehead atoms. The van der Waals surface area contributed by atoms with Gasteiger partial charge in [0, 0.05) is 43.8 Å². The van der Waals surface area contributed by atoms with Crippen molar-refractivity contribution < 1.29 is 14.3 Å². The maximum absolute atomic E-state index is 12.3. The molecular formula is C24H27BrN8O3. The van der Waals surface area contributed by atoms with Crippen molar-refractivity contribution in [3.63, 3.8) is 0 Å². The van der Waals surface area contributed by atoms with Gasteiger partial charge in [0.1, 0.15) is 4.60 Å². The molecule has 0 aliphatic heterocycles. The van der Waals surface area contributed by atoms with E-state index in [0.717, 1.165) is 35.0 Å². The Morgan fingerprint density at radius 3 is 2.92 bits per heavy atom. The van der Waals surface area contributed by atoms with Crippen molar-refractivity contribution in [3.05, 3.63) is 40.5 Å². The standard InChI is InChI=1S/C24H27BrN8O3/c1-13-30-31-21(36-13)17-5-4-16(10-14(17)7-9-34)33-20-18(19(25)32-33)12-27-23(29-20)28-15-6-8-24(2,11-15)22(35)26-3/h4-5,10,12,15,34H,6-9,11H2,1-3H3,(H,26,35)(H,27,28,29)/t15-,24-/m1/s1. The molecule has 1 aromatic carbocycles. The molecule has 188 valence electrons. The van der Waals surface area contributed by atoms with E-state index in [4.69, 9.17) is 9.40 Å². The number of amides is 1. The largest absolute Gasteiger partial charge is 0.421 e. The third-order valence-corrected chi connectivity index (χ3v) is 7.29. The molecule has 36 heavy (non-hydrogen) atoms. The van der Waals surface area contributed by atoms with Crippen LogP contribution in [0.4, 0.5) is 5.95 Å². The molecule has 1 amide bonds. The van der Waals surface area contributed by atoms with Gasteiger partial charge in [-0.25, -0.2) is 9.67 Å². The number of aliphatic hydroxyl groups is 1. The van der Waals surface area contributed by atoms with Crippen molar-refractivity contribution in [1.29, 1.82) is 0 Å². The van der Waals surface area contributed by atoms with Crippen LogP contribution >= 0.6 is 15.9 Å². The first-order chi connectivity index (χ1) is 17.3. The number of aromatic nitrogens is 6. The van der Waals surface area contributed by atoms with Crippen LogP contribution in [0.2, 0.25) is 0 Å². The van der Waals surface area contributed by atoms with Crippen LogP contribution in [-0.2, 0) is 11.2 Å². The minimum atomic E-state index is -0.400. The lowest BCUT2D eigenvalue weighted by Crippen LogP contribution is -2.35. The number of nitrogens with zero attached hydrogens (tertiary/aromatic N) is 6. The van der Waals surface area contributed by atoms with Gasteiger partial charge in [0.05, 0.1) is 11.1 Å². The van der Waals surface area contributed by atoms with Crippen LogP contribution in [0.3, 0.4) is 0 Å². The molecule has 3 heterocycles. The van der Waals surface area contributed by atoms with Crippen molar-refractivity contribution in [1.82, 2.24) is 35.3 Å². The molecular weight excluding hydrogens is 528 g/mol. The van der Waals surface area contributed by atoms with Gasteiger partial charge in [-0.05, 0) is 65.4 Å². The molecule has 5 rings (SSSR count). The Morgan fingerprint density at radius 1 is 1.36 bits per heavy atom. The summed E-state index contributed by atoms with van der Waals surface area (Å²) in [7, 11) is 1.67. The Morgan fingerprint density at radius 2 is 2.19 bits per heavy atom. The highest BCUT2D eigenvalue weighted by Gasteiger charge is 2.41. The van der Waals surface area contributed by atoms with Crippen LogP contribution in [0.15, 0.2) is 33.4 Å². The average molecular weight is 555 g/mol. The monoisotopic (exact) mass is 554 g/mol. The number of fused-ring (bicyclic) bond motifs is 1. The van der Waals surface area contributed by atoms with E-state index in [1.807, 2.05) is 25.1 Å². The zero-order valence-corrected chi connectivity index (χ0v) is 21.8. The smallest absolute Gasteiger partial charge is 0.247 e. The molecule has 1 aliphatic rings. The van der Waals surface area contributed by atoms with Crippen LogP contribution < -0.4 is 10.6 Å². The molecule has 12 heteroatoms. The lowest BCUT2D eigenvalue weighted by molar-refractivity contribution is -0.129. The number of hydrogen-bond donors (Lipinski definition) is 3. The second-order valence-corrected chi connectivity index (χ2v) is 10.0. The number of benzene rings is 1. The predicted molar refractivity (Wildman–Crippen MR) is 137 cm³/mol. The lowest BCUT2D eigenvalue weighted by atomic mass is 9.87. The van der Waals surface area contributed by atoms with Crippen molar-refractivity contribution in [3.8, 4) is 17.1 Å². The first-order valence-corrected chi connectivity index (χ1v) is 12.6. The summed E-state index contributed by atoms with van der Waals surface area (Å²) in [6.07, 6.45) is 4.51. The topological polar surface area (TPSA) is 144 Å². The van der Waals surface area contributed by atoms with Crippen LogP contribution in [-0.4, -0.2) is 60.7 Å². The van der Waals surface area contributed by atoms with Gasteiger partial charge in [0.15, 0.2) is 5.65 Å². The van der Waals surface area contributed by atoms with E-state index in [2.05, 4.69) is 46.8 Å². The second kappa shape index (κ2) is 9.58. The summed E-state index contributed by atoms with van der Waals surface area (Å²) < 4.78 is 7.96. The number of anilines is 1. The maximum atomic E-state index is 12.3. The summed E-state index contributed by atoms with van der Waals surface area (Å²) in [4.78, 5) is 21.5. The fraction of sp³-hybridized carbons (Fsp3) is 0.417. The minimum absolute atomic E-state index is 0.0281. The van der Waals surface area contributed by atoms with E-state index in [0.29, 0.717) is 40.8 Å². The van der Waals surface area contributed by atoms with Crippen molar-refractivity contribution >= 4 is 38.8 Å². The van der Waals surface area contributed by atoms with Crippen molar-refractivity contribution in [2.75, 3.05) is 19.0 Å². The minimum Gasteiger partial charge on any atom is -0.421 e. The molecule has 0 radical (unpaired) electrons. The fourth-order valence-corrected chi connectivity index (χ4v) is 5.26. The number of aliphatic hydroxyl groups excluding tert-OH is 1. The Balaban J connectivity index is 1.48. The number of hydrogen-bond acceptors (Lipinski definition) is 9. The molecule has 0 spiro atoms. The Bertz CT molecular complexity index is 1430. The van der Waals surface area contributed by atoms with Crippen molar-refractivity contribution in [2.45, 2.75) is 45.6 Å². The molecule has 3 aromatic heterocycles.